The molecule has 2 amide bonds. The Morgan fingerprint density at radius 2 is 1.75 bits per heavy atom. The summed E-state index contributed by atoms with van der Waals surface area (Å²) >= 11 is 0. The molecule has 1 aromatic carbocycles. The van der Waals surface area contributed by atoms with Crippen LogP contribution in [0.1, 0.15) is 31.9 Å². The van der Waals surface area contributed by atoms with E-state index in [9.17, 15) is 18.4 Å². The van der Waals surface area contributed by atoms with Crippen molar-refractivity contribution in [2.75, 3.05) is 19.3 Å². The zero-order chi connectivity index (χ0) is 23.8. The number of carbonyl (C=O) groups excluding carboxylic acids is 2. The van der Waals surface area contributed by atoms with Gasteiger partial charge in [-0.3, -0.25) is 14.5 Å². The highest BCUT2D eigenvalue weighted by Gasteiger charge is 2.26. The van der Waals surface area contributed by atoms with Gasteiger partial charge in [0.15, 0.2) is 11.6 Å². The van der Waals surface area contributed by atoms with E-state index in [0.717, 1.165) is 17.7 Å². The van der Waals surface area contributed by atoms with Crippen molar-refractivity contribution < 1.29 is 18.4 Å². The number of benzene rings is 1. The first-order chi connectivity index (χ1) is 15.1. The van der Waals surface area contributed by atoms with Crippen LogP contribution in [0.25, 0.3) is 0 Å². The Morgan fingerprint density at radius 3 is 2.34 bits per heavy atom. The average Bonchev–Trinajstić information content (AvgIpc) is 2.74. The summed E-state index contributed by atoms with van der Waals surface area (Å²) in [4.78, 5) is 31.6. The van der Waals surface area contributed by atoms with E-state index in [-0.39, 0.29) is 18.9 Å². The molecular weight excluding hydrogens is 416 g/mol. The summed E-state index contributed by atoms with van der Waals surface area (Å²) in [6, 6.07) is 5.33. The summed E-state index contributed by atoms with van der Waals surface area (Å²) in [6.45, 7) is 6.74. The Kier molecular flexibility index (Phi) is 9.07. The number of pyridine rings is 1. The lowest BCUT2D eigenvalue weighted by Gasteiger charge is -2.27. The molecule has 1 unspecified atom stereocenters. The molecule has 2 atom stereocenters. The number of likely N-dealkylation sites (N-methyl/N-ethyl adjacent to an activating group) is 1. The number of nitrogen functional groups attached to an aromatic ring is 1. The van der Waals surface area contributed by atoms with Gasteiger partial charge in [-0.15, -0.1) is 0 Å². The van der Waals surface area contributed by atoms with E-state index in [4.69, 9.17) is 5.73 Å². The smallest absolute Gasteiger partial charge is 0.243 e. The first-order valence-electron chi connectivity index (χ1n) is 10.5. The van der Waals surface area contributed by atoms with E-state index in [0.29, 0.717) is 23.8 Å². The SMILES string of the molecule is CC(C)CN(C)C(C)C(=O)N[C@@H](Cc1ccc(F)c(F)c1)C(=O)NCc1ccc(N)nc1. The van der Waals surface area contributed by atoms with E-state index in [1.54, 1.807) is 25.3 Å². The van der Waals surface area contributed by atoms with Crippen LogP contribution in [0.15, 0.2) is 36.5 Å². The number of halogens is 2. The molecule has 9 heteroatoms. The fourth-order valence-electron chi connectivity index (χ4n) is 3.19. The van der Waals surface area contributed by atoms with Crippen molar-refractivity contribution in [3.63, 3.8) is 0 Å². The van der Waals surface area contributed by atoms with Crippen LogP contribution in [0.5, 0.6) is 0 Å². The topological polar surface area (TPSA) is 100 Å². The molecule has 4 N–H and O–H groups in total. The maximum absolute atomic E-state index is 13.7. The number of hydrogen-bond donors (Lipinski definition) is 3. The van der Waals surface area contributed by atoms with Crippen molar-refractivity contribution in [3.8, 4) is 0 Å². The highest BCUT2D eigenvalue weighted by molar-refractivity contribution is 5.89. The molecule has 7 nitrogen and oxygen atoms in total. The molecule has 0 aliphatic heterocycles. The van der Waals surface area contributed by atoms with Crippen LogP contribution in [0, 0.1) is 17.6 Å². The van der Waals surface area contributed by atoms with Gasteiger partial charge in [0.2, 0.25) is 11.8 Å². The van der Waals surface area contributed by atoms with Gasteiger partial charge in [0.1, 0.15) is 11.9 Å². The number of carbonyl (C=O) groups is 2. The lowest BCUT2D eigenvalue weighted by Crippen LogP contribution is -2.53. The standard InChI is InChI=1S/C23H31F2N5O2/c1-14(2)13-30(4)15(3)22(31)29-20(10-16-5-7-18(24)19(25)9-16)23(32)28-12-17-6-8-21(26)27-11-17/h5-9,11,14-15,20H,10,12-13H2,1-4H3,(H2,26,27)(H,28,32)(H,29,31)/t15?,20-/m0/s1. The first kappa shape index (κ1) is 25.2. The van der Waals surface area contributed by atoms with Crippen LogP contribution in [-0.4, -0.2) is 47.4 Å². The van der Waals surface area contributed by atoms with Crippen LogP contribution < -0.4 is 16.4 Å². The fourth-order valence-corrected chi connectivity index (χ4v) is 3.19. The molecule has 32 heavy (non-hydrogen) atoms. The van der Waals surface area contributed by atoms with Crippen molar-refractivity contribution >= 4 is 17.6 Å². The molecule has 0 aliphatic carbocycles. The monoisotopic (exact) mass is 447 g/mol. The highest BCUT2D eigenvalue weighted by Crippen LogP contribution is 2.12. The van der Waals surface area contributed by atoms with Gasteiger partial charge in [0, 0.05) is 25.7 Å². The predicted octanol–water partition coefficient (Wildman–Crippen LogP) is 2.26. The molecule has 1 aromatic heterocycles. The van der Waals surface area contributed by atoms with Gasteiger partial charge in [-0.2, -0.15) is 0 Å². The van der Waals surface area contributed by atoms with Crippen molar-refractivity contribution in [2.24, 2.45) is 5.92 Å². The molecule has 0 spiro atoms. The van der Waals surface area contributed by atoms with Crippen molar-refractivity contribution in [1.82, 2.24) is 20.5 Å². The minimum absolute atomic E-state index is 0.00930. The van der Waals surface area contributed by atoms with Crippen molar-refractivity contribution in [2.45, 2.75) is 45.8 Å². The second kappa shape index (κ2) is 11.5. The number of nitrogens with two attached hydrogens (primary N) is 1. The predicted molar refractivity (Wildman–Crippen MR) is 119 cm³/mol. The maximum atomic E-state index is 13.7. The molecule has 174 valence electrons. The molecule has 0 saturated carbocycles. The third-order valence-corrected chi connectivity index (χ3v) is 5.06. The van der Waals surface area contributed by atoms with Crippen molar-refractivity contribution in [1.29, 1.82) is 0 Å². The minimum atomic E-state index is -1.01. The Hall–Kier alpha value is -3.07. The molecule has 0 saturated heterocycles. The molecule has 0 aliphatic rings. The summed E-state index contributed by atoms with van der Waals surface area (Å²) in [5, 5.41) is 5.51. The van der Waals surface area contributed by atoms with Crippen LogP contribution in [-0.2, 0) is 22.6 Å². The lowest BCUT2D eigenvalue weighted by atomic mass is 10.0. The summed E-state index contributed by atoms with van der Waals surface area (Å²) in [6.07, 6.45) is 1.55. The molecule has 1 heterocycles. The number of anilines is 1. The van der Waals surface area contributed by atoms with Gasteiger partial charge in [-0.05, 0) is 49.2 Å². The summed E-state index contributed by atoms with van der Waals surface area (Å²) in [5.41, 5.74) is 6.69. The second-order valence-corrected chi connectivity index (χ2v) is 8.33. The molecule has 0 fully saturated rings. The van der Waals surface area contributed by atoms with Gasteiger partial charge >= 0.3 is 0 Å². The van der Waals surface area contributed by atoms with Gasteiger partial charge in [-0.25, -0.2) is 13.8 Å². The Balaban J connectivity index is 2.13. The Morgan fingerprint density at radius 1 is 1.06 bits per heavy atom. The molecular formula is C23H31F2N5O2. The van der Waals surface area contributed by atoms with Gasteiger partial charge in [-0.1, -0.05) is 26.0 Å². The Bertz CT molecular complexity index is 921. The number of aromatic nitrogens is 1. The third kappa shape index (κ3) is 7.56. The normalized spacial score (nSPS) is 13.1. The van der Waals surface area contributed by atoms with Crippen LogP contribution in [0.4, 0.5) is 14.6 Å². The van der Waals surface area contributed by atoms with Crippen LogP contribution >= 0.6 is 0 Å². The summed E-state index contributed by atoms with van der Waals surface area (Å²) in [5.74, 6) is -2.03. The minimum Gasteiger partial charge on any atom is -0.384 e. The largest absolute Gasteiger partial charge is 0.384 e. The molecule has 0 radical (unpaired) electrons. The zero-order valence-electron chi connectivity index (χ0n) is 18.9. The van der Waals surface area contributed by atoms with E-state index >= 15 is 0 Å². The van der Waals surface area contributed by atoms with E-state index < -0.39 is 29.6 Å². The van der Waals surface area contributed by atoms with E-state index in [1.807, 2.05) is 25.8 Å². The third-order valence-electron chi connectivity index (χ3n) is 5.06. The van der Waals surface area contributed by atoms with Crippen LogP contribution in [0.3, 0.4) is 0 Å². The summed E-state index contributed by atoms with van der Waals surface area (Å²) in [7, 11) is 1.84. The zero-order valence-corrected chi connectivity index (χ0v) is 18.9. The number of nitrogens with one attached hydrogen (secondary N) is 2. The lowest BCUT2D eigenvalue weighted by molar-refractivity contribution is -0.131. The number of nitrogens with zero attached hydrogens (tertiary/aromatic N) is 2. The number of rotatable bonds is 10. The summed E-state index contributed by atoms with van der Waals surface area (Å²) < 4.78 is 27.0. The molecule has 2 rings (SSSR count). The number of amides is 2. The van der Waals surface area contributed by atoms with E-state index in [1.165, 1.54) is 6.07 Å². The quantitative estimate of drug-likeness (QED) is 0.519. The van der Waals surface area contributed by atoms with Gasteiger partial charge < -0.3 is 16.4 Å². The van der Waals surface area contributed by atoms with Crippen LogP contribution in [0.2, 0.25) is 0 Å². The molecule has 0 bridgehead atoms. The average molecular weight is 448 g/mol. The fraction of sp³-hybridized carbons (Fsp3) is 0.435. The van der Waals surface area contributed by atoms with Gasteiger partial charge in [0.25, 0.3) is 0 Å². The van der Waals surface area contributed by atoms with Crippen molar-refractivity contribution in [3.05, 3.63) is 59.3 Å². The highest BCUT2D eigenvalue weighted by atomic mass is 19.2. The second-order valence-electron chi connectivity index (χ2n) is 8.33. The number of hydrogen-bond acceptors (Lipinski definition) is 5. The van der Waals surface area contributed by atoms with Gasteiger partial charge in [0.05, 0.1) is 6.04 Å². The Labute approximate surface area is 187 Å². The molecule has 2 aromatic rings. The van der Waals surface area contributed by atoms with E-state index in [2.05, 4.69) is 15.6 Å². The maximum Gasteiger partial charge on any atom is 0.243 e. The first-order valence-corrected chi connectivity index (χ1v) is 10.5.